The number of nitrogens with zero attached hydrogens (tertiary/aromatic N) is 2. The maximum Gasteiger partial charge on any atom is 0.337 e. The molecule has 1 heterocycles. The summed E-state index contributed by atoms with van der Waals surface area (Å²) in [5.41, 5.74) is 9.03. The lowest BCUT2D eigenvalue weighted by Crippen LogP contribution is -2.21. The Morgan fingerprint density at radius 3 is 2.37 bits per heavy atom. The molecule has 0 bridgehead atoms. The second-order valence-electron chi connectivity index (χ2n) is 9.47. The molecular weight excluding hydrogens is 432 g/mol. The molecule has 0 atom stereocenters. The summed E-state index contributed by atoms with van der Waals surface area (Å²) in [7, 11) is 1.39. The second-order valence-corrected chi connectivity index (χ2v) is 9.47. The average Bonchev–Trinajstić information content (AvgIpc) is 3.43. The summed E-state index contributed by atoms with van der Waals surface area (Å²) in [5.74, 6) is -0.324. The first-order valence-corrected chi connectivity index (χ1v) is 11.7. The molecule has 1 aliphatic rings. The van der Waals surface area contributed by atoms with Crippen LogP contribution in [0.2, 0.25) is 0 Å². The molecule has 3 aromatic carbocycles. The first-order chi connectivity index (χ1) is 16.9. The number of ether oxygens (including phenoxy) is 1. The van der Waals surface area contributed by atoms with Crippen LogP contribution >= 0.6 is 0 Å². The van der Waals surface area contributed by atoms with E-state index in [1.165, 1.54) is 29.4 Å². The summed E-state index contributed by atoms with van der Waals surface area (Å²) in [6.45, 7) is 4.61. The highest BCUT2D eigenvalue weighted by Gasteiger charge is 2.28. The molecule has 1 aromatic heterocycles. The van der Waals surface area contributed by atoms with E-state index in [0.29, 0.717) is 5.56 Å². The molecule has 0 spiro atoms. The minimum Gasteiger partial charge on any atom is -0.465 e. The van der Waals surface area contributed by atoms with Crippen molar-refractivity contribution in [2.75, 3.05) is 7.11 Å². The predicted octanol–water partition coefficient (Wildman–Crippen LogP) is 6.94. The number of imidazole rings is 1. The fraction of sp³-hybridized carbons (Fsp3) is 0.161. The van der Waals surface area contributed by atoms with Crippen molar-refractivity contribution in [3.63, 3.8) is 0 Å². The van der Waals surface area contributed by atoms with Gasteiger partial charge in [-0.1, -0.05) is 68.5 Å². The van der Waals surface area contributed by atoms with Gasteiger partial charge >= 0.3 is 5.97 Å². The maximum atomic E-state index is 11.7. The Morgan fingerprint density at radius 1 is 0.971 bits per heavy atom. The number of allylic oxidation sites excluding steroid dienone is 1. The molecule has 174 valence electrons. The van der Waals surface area contributed by atoms with Crippen LogP contribution in [0.3, 0.4) is 0 Å². The minimum absolute atomic E-state index is 0.0849. The molecule has 35 heavy (non-hydrogen) atoms. The smallest absolute Gasteiger partial charge is 0.337 e. The standard InChI is InChI=1S/C31H28N2O2/c1-31(2)17-16-27(24-11-13-26(14-12-24)33-19-18-32-21-33)28-20-23(8-15-29(28)31)5-4-22-6-9-25(10-7-22)30(34)35-3/h4-16,18-21H,17H2,1-3H3. The van der Waals surface area contributed by atoms with E-state index in [-0.39, 0.29) is 11.4 Å². The lowest BCUT2D eigenvalue weighted by molar-refractivity contribution is 0.0600. The van der Waals surface area contributed by atoms with Gasteiger partial charge in [-0.3, -0.25) is 0 Å². The van der Waals surface area contributed by atoms with E-state index < -0.39 is 0 Å². The molecule has 5 rings (SSSR count). The largest absolute Gasteiger partial charge is 0.465 e. The van der Waals surface area contributed by atoms with Crippen LogP contribution in [0, 0.1) is 0 Å². The van der Waals surface area contributed by atoms with E-state index in [1.54, 1.807) is 18.3 Å². The SMILES string of the molecule is COC(=O)c1ccc(C=Cc2ccc3c(c2)C(c2ccc(-n4ccnc4)cc2)=CCC3(C)C)cc1. The predicted molar refractivity (Wildman–Crippen MR) is 141 cm³/mol. The van der Waals surface area contributed by atoms with Crippen LogP contribution in [0.5, 0.6) is 0 Å². The number of fused-ring (bicyclic) bond motifs is 1. The average molecular weight is 461 g/mol. The van der Waals surface area contributed by atoms with Crippen molar-refractivity contribution in [1.82, 2.24) is 9.55 Å². The van der Waals surface area contributed by atoms with Gasteiger partial charge < -0.3 is 9.30 Å². The van der Waals surface area contributed by atoms with Crippen LogP contribution < -0.4 is 0 Å². The Bertz CT molecular complexity index is 1410. The minimum atomic E-state index is -0.324. The Balaban J connectivity index is 1.45. The molecule has 4 heteroatoms. The molecule has 4 nitrogen and oxygen atoms in total. The lowest BCUT2D eigenvalue weighted by atomic mass is 9.72. The van der Waals surface area contributed by atoms with Gasteiger partial charge in [0.05, 0.1) is 19.0 Å². The van der Waals surface area contributed by atoms with Crippen molar-refractivity contribution < 1.29 is 9.53 Å². The zero-order chi connectivity index (χ0) is 24.4. The van der Waals surface area contributed by atoms with Crippen LogP contribution in [-0.2, 0) is 10.2 Å². The number of esters is 1. The van der Waals surface area contributed by atoms with Gasteiger partial charge in [0.25, 0.3) is 0 Å². The molecule has 1 aliphatic carbocycles. The van der Waals surface area contributed by atoms with Crippen LogP contribution in [0.4, 0.5) is 0 Å². The third kappa shape index (κ3) is 4.60. The van der Waals surface area contributed by atoms with Gasteiger partial charge in [0.2, 0.25) is 0 Å². The van der Waals surface area contributed by atoms with Crippen LogP contribution in [-0.4, -0.2) is 22.6 Å². The zero-order valence-electron chi connectivity index (χ0n) is 20.2. The molecule has 0 radical (unpaired) electrons. The zero-order valence-corrected chi connectivity index (χ0v) is 20.2. The molecule has 0 N–H and O–H groups in total. The number of hydrogen-bond donors (Lipinski definition) is 0. The Morgan fingerprint density at radius 2 is 1.69 bits per heavy atom. The van der Waals surface area contributed by atoms with Gasteiger partial charge in [-0.15, -0.1) is 0 Å². The number of benzene rings is 3. The lowest BCUT2D eigenvalue weighted by Gasteiger charge is -2.32. The Kier molecular flexibility index (Phi) is 5.96. The second kappa shape index (κ2) is 9.22. The highest BCUT2D eigenvalue weighted by molar-refractivity contribution is 5.90. The normalized spacial score (nSPS) is 14.4. The van der Waals surface area contributed by atoms with Gasteiger partial charge in [-0.05, 0) is 75.6 Å². The third-order valence-electron chi connectivity index (χ3n) is 6.66. The third-order valence-corrected chi connectivity index (χ3v) is 6.66. The number of rotatable bonds is 5. The van der Waals surface area contributed by atoms with Gasteiger partial charge in [0.15, 0.2) is 0 Å². The number of hydrogen-bond acceptors (Lipinski definition) is 3. The monoisotopic (exact) mass is 460 g/mol. The van der Waals surface area contributed by atoms with E-state index in [2.05, 4.69) is 79.5 Å². The van der Waals surface area contributed by atoms with Gasteiger partial charge in [-0.25, -0.2) is 9.78 Å². The Labute approximate surface area is 206 Å². The Hall–Kier alpha value is -4.18. The summed E-state index contributed by atoms with van der Waals surface area (Å²) in [6, 6.07) is 22.8. The van der Waals surface area contributed by atoms with Crippen molar-refractivity contribution in [3.05, 3.63) is 125 Å². The van der Waals surface area contributed by atoms with Crippen LogP contribution in [0.25, 0.3) is 23.4 Å². The molecule has 0 fully saturated rings. The summed E-state index contributed by atoms with van der Waals surface area (Å²) in [4.78, 5) is 15.8. The fourth-order valence-corrected chi connectivity index (χ4v) is 4.59. The van der Waals surface area contributed by atoms with Crippen LogP contribution in [0.15, 0.2) is 91.5 Å². The number of carbonyl (C=O) groups excluding carboxylic acids is 1. The first kappa shape index (κ1) is 22.6. The van der Waals surface area contributed by atoms with Crippen LogP contribution in [0.1, 0.15) is 58.4 Å². The highest BCUT2D eigenvalue weighted by Crippen LogP contribution is 2.42. The molecule has 0 aliphatic heterocycles. The molecule has 0 amide bonds. The summed E-state index contributed by atoms with van der Waals surface area (Å²) in [6.07, 6.45) is 13.1. The summed E-state index contributed by atoms with van der Waals surface area (Å²) in [5, 5.41) is 0. The maximum absolute atomic E-state index is 11.7. The van der Waals surface area contributed by atoms with Crippen molar-refractivity contribution in [2.24, 2.45) is 0 Å². The number of carbonyl (C=O) groups is 1. The summed E-state index contributed by atoms with van der Waals surface area (Å²) >= 11 is 0. The van der Waals surface area contributed by atoms with E-state index in [0.717, 1.165) is 23.2 Å². The van der Waals surface area contributed by atoms with E-state index in [4.69, 9.17) is 4.74 Å². The summed E-state index contributed by atoms with van der Waals surface area (Å²) < 4.78 is 6.79. The van der Waals surface area contributed by atoms with Gasteiger partial charge in [-0.2, -0.15) is 0 Å². The van der Waals surface area contributed by atoms with Crippen molar-refractivity contribution in [2.45, 2.75) is 25.7 Å². The number of methoxy groups -OCH3 is 1. The van der Waals surface area contributed by atoms with Gasteiger partial charge in [0, 0.05) is 18.1 Å². The molecule has 0 unspecified atom stereocenters. The van der Waals surface area contributed by atoms with E-state index in [9.17, 15) is 4.79 Å². The van der Waals surface area contributed by atoms with Crippen molar-refractivity contribution >= 4 is 23.7 Å². The van der Waals surface area contributed by atoms with Crippen molar-refractivity contribution in [1.29, 1.82) is 0 Å². The molecule has 0 saturated carbocycles. The molecular formula is C31H28N2O2. The fourth-order valence-electron chi connectivity index (χ4n) is 4.59. The topological polar surface area (TPSA) is 44.1 Å². The van der Waals surface area contributed by atoms with E-state index >= 15 is 0 Å². The first-order valence-electron chi connectivity index (χ1n) is 11.7. The van der Waals surface area contributed by atoms with E-state index in [1.807, 2.05) is 29.2 Å². The highest BCUT2D eigenvalue weighted by atomic mass is 16.5. The quantitative estimate of drug-likeness (QED) is 0.239. The van der Waals surface area contributed by atoms with Crippen molar-refractivity contribution in [3.8, 4) is 5.69 Å². The number of aromatic nitrogens is 2. The molecule has 0 saturated heterocycles. The van der Waals surface area contributed by atoms with Gasteiger partial charge in [0.1, 0.15) is 0 Å². The molecule has 4 aromatic rings.